The van der Waals surface area contributed by atoms with E-state index in [1.165, 1.54) is 0 Å². The molecule has 0 N–H and O–H groups in total. The molecular formula is C26H40N2O3Si. The monoisotopic (exact) mass is 456 g/mol. The van der Waals surface area contributed by atoms with E-state index in [4.69, 9.17) is 13.9 Å². The summed E-state index contributed by atoms with van der Waals surface area (Å²) in [5, 5.41) is 2.08. The normalized spacial score (nSPS) is 12.5. The summed E-state index contributed by atoms with van der Waals surface area (Å²) in [5.74, 6) is 3.47. The highest BCUT2D eigenvalue weighted by molar-refractivity contribution is 6.78. The number of fused-ring (bicyclic) bond motifs is 3. The molecule has 3 rings (SSSR count). The predicted molar refractivity (Wildman–Crippen MR) is 136 cm³/mol. The number of pyridine rings is 1. The smallest absolute Gasteiger partial charge is 0.258 e. The third-order valence-electron chi connectivity index (χ3n) is 6.82. The molecule has 2 aromatic heterocycles. The summed E-state index contributed by atoms with van der Waals surface area (Å²) in [6, 6.07) is 2.13. The second kappa shape index (κ2) is 9.34. The number of nitrogens with zero attached hydrogens (tertiary/aromatic N) is 2. The molecule has 0 atom stereocenters. The Bertz CT molecular complexity index is 1080. The first-order valence-corrected chi connectivity index (χ1v) is 14.1. The summed E-state index contributed by atoms with van der Waals surface area (Å²) in [7, 11) is -2.24. The lowest BCUT2D eigenvalue weighted by Crippen LogP contribution is -2.50. The maximum atomic E-state index is 7.33. The van der Waals surface area contributed by atoms with E-state index < -0.39 is 8.32 Å². The first kappa shape index (κ1) is 24.4. The Morgan fingerprint density at radius 1 is 0.875 bits per heavy atom. The zero-order valence-corrected chi connectivity index (χ0v) is 22.5. The quantitative estimate of drug-likeness (QED) is 0.314. The molecule has 0 amide bonds. The number of rotatable bonds is 9. The van der Waals surface area contributed by atoms with E-state index in [-0.39, 0.29) is 0 Å². The van der Waals surface area contributed by atoms with E-state index in [9.17, 15) is 0 Å². The highest BCUT2D eigenvalue weighted by Crippen LogP contribution is 2.51. The minimum atomic E-state index is -2.24. The van der Waals surface area contributed by atoms with Gasteiger partial charge in [0.25, 0.3) is 8.32 Å². The zero-order chi connectivity index (χ0) is 23.8. The summed E-state index contributed by atoms with van der Waals surface area (Å²) >= 11 is 0. The minimum Gasteiger partial charge on any atom is -0.540 e. The summed E-state index contributed by atoms with van der Waals surface area (Å²) in [5.41, 5.74) is 3.37. The summed E-state index contributed by atoms with van der Waals surface area (Å²) in [4.78, 5) is 4.60. The van der Waals surface area contributed by atoms with Crippen molar-refractivity contribution in [1.82, 2.24) is 9.38 Å². The maximum Gasteiger partial charge on any atom is 0.258 e. The van der Waals surface area contributed by atoms with Crippen LogP contribution in [0.25, 0.3) is 16.3 Å². The lowest BCUT2D eigenvalue weighted by molar-refractivity contribution is 0.311. The molecule has 3 aromatic rings. The van der Waals surface area contributed by atoms with Gasteiger partial charge in [0.05, 0.1) is 30.3 Å². The lowest BCUT2D eigenvalue weighted by atomic mass is 10.0. The number of ether oxygens (including phenoxy) is 2. The Kier molecular flexibility index (Phi) is 7.13. The molecule has 5 nitrogen and oxygen atoms in total. The van der Waals surface area contributed by atoms with E-state index in [1.807, 2.05) is 27.0 Å². The first-order chi connectivity index (χ1) is 15.1. The van der Waals surface area contributed by atoms with Gasteiger partial charge in [-0.2, -0.15) is 0 Å². The number of imidazole rings is 1. The van der Waals surface area contributed by atoms with Crippen LogP contribution in [-0.4, -0.2) is 30.9 Å². The van der Waals surface area contributed by atoms with E-state index >= 15 is 0 Å². The van der Waals surface area contributed by atoms with Crippen molar-refractivity contribution in [3.63, 3.8) is 0 Å². The minimum absolute atomic E-state index is 0.449. The third-order valence-corrected chi connectivity index (χ3v) is 12.8. The van der Waals surface area contributed by atoms with Crippen molar-refractivity contribution in [2.45, 2.75) is 85.9 Å². The zero-order valence-electron chi connectivity index (χ0n) is 21.5. The average molecular weight is 457 g/mol. The van der Waals surface area contributed by atoms with Crippen LogP contribution in [0.15, 0.2) is 18.5 Å². The van der Waals surface area contributed by atoms with Crippen LogP contribution in [0.2, 0.25) is 16.6 Å². The molecule has 0 aliphatic carbocycles. The third kappa shape index (κ3) is 3.76. The molecule has 0 aliphatic rings. The van der Waals surface area contributed by atoms with Crippen molar-refractivity contribution in [2.24, 2.45) is 0 Å². The highest BCUT2D eigenvalue weighted by atomic mass is 28.4. The fourth-order valence-electron chi connectivity index (χ4n) is 5.49. The van der Waals surface area contributed by atoms with Crippen LogP contribution < -0.4 is 13.9 Å². The van der Waals surface area contributed by atoms with E-state index in [0.29, 0.717) is 29.8 Å². The van der Waals surface area contributed by atoms with Crippen LogP contribution in [-0.2, 0) is 0 Å². The van der Waals surface area contributed by atoms with E-state index in [2.05, 4.69) is 70.1 Å². The molecule has 0 saturated carbocycles. The molecule has 0 bridgehead atoms. The molecule has 1 aromatic carbocycles. The van der Waals surface area contributed by atoms with Crippen molar-refractivity contribution in [3.05, 3.63) is 29.8 Å². The van der Waals surface area contributed by atoms with Gasteiger partial charge < -0.3 is 18.3 Å². The van der Waals surface area contributed by atoms with Crippen LogP contribution in [0.5, 0.6) is 17.2 Å². The van der Waals surface area contributed by atoms with Crippen LogP contribution in [0, 0.1) is 13.8 Å². The van der Waals surface area contributed by atoms with Crippen molar-refractivity contribution in [2.75, 3.05) is 13.2 Å². The van der Waals surface area contributed by atoms with Crippen LogP contribution in [0.1, 0.15) is 66.8 Å². The maximum absolute atomic E-state index is 7.33. The number of aryl methyl sites for hydroxylation is 1. The van der Waals surface area contributed by atoms with Gasteiger partial charge in [0.1, 0.15) is 11.6 Å². The Morgan fingerprint density at radius 3 is 1.97 bits per heavy atom. The summed E-state index contributed by atoms with van der Waals surface area (Å²) < 4.78 is 21.9. The Morgan fingerprint density at radius 2 is 1.44 bits per heavy atom. The molecule has 0 saturated heterocycles. The van der Waals surface area contributed by atoms with E-state index in [1.54, 1.807) is 0 Å². The molecule has 0 aliphatic heterocycles. The topological polar surface area (TPSA) is 45.0 Å². The molecule has 6 heteroatoms. The number of benzene rings is 1. The van der Waals surface area contributed by atoms with Crippen molar-refractivity contribution in [1.29, 1.82) is 0 Å². The lowest BCUT2D eigenvalue weighted by Gasteiger charge is -2.43. The van der Waals surface area contributed by atoms with Gasteiger partial charge in [-0.25, -0.2) is 4.98 Å². The number of hydrogen-bond donors (Lipinski definition) is 0. The van der Waals surface area contributed by atoms with Gasteiger partial charge in [0.2, 0.25) is 0 Å². The standard InChI is InChI=1S/C26H40N2O3Si/c1-11-29-24-19(9)25(30-12-2)26(31-32(16(3)4,17(5)6)18(7)8)23-21(24)13-14-28-20(10)27-15-22(23)28/h13-18H,11-12H2,1-10H3. The Labute approximate surface area is 194 Å². The Balaban J connectivity index is 2.50. The second-order valence-electron chi connectivity index (χ2n) is 9.56. The van der Waals surface area contributed by atoms with Crippen molar-refractivity contribution < 1.29 is 13.9 Å². The van der Waals surface area contributed by atoms with Gasteiger partial charge in [-0.05, 0) is 50.4 Å². The fourth-order valence-corrected chi connectivity index (χ4v) is 10.7. The van der Waals surface area contributed by atoms with Gasteiger partial charge in [-0.1, -0.05) is 41.5 Å². The summed E-state index contributed by atoms with van der Waals surface area (Å²) in [6.45, 7) is 23.2. The van der Waals surface area contributed by atoms with Crippen LogP contribution in [0.4, 0.5) is 0 Å². The number of hydrogen-bond acceptors (Lipinski definition) is 4. The van der Waals surface area contributed by atoms with Gasteiger partial charge >= 0.3 is 0 Å². The first-order valence-electron chi connectivity index (χ1n) is 12.0. The summed E-state index contributed by atoms with van der Waals surface area (Å²) in [6.07, 6.45) is 4.01. The number of aromatic nitrogens is 2. The van der Waals surface area contributed by atoms with Crippen LogP contribution >= 0.6 is 0 Å². The molecule has 0 spiro atoms. The fraction of sp³-hybridized carbons (Fsp3) is 0.577. The van der Waals surface area contributed by atoms with Gasteiger partial charge in [0, 0.05) is 17.1 Å². The highest BCUT2D eigenvalue weighted by Gasteiger charge is 2.48. The van der Waals surface area contributed by atoms with Crippen molar-refractivity contribution in [3.8, 4) is 17.2 Å². The average Bonchev–Trinajstić information content (AvgIpc) is 3.10. The molecule has 0 fully saturated rings. The second-order valence-corrected chi connectivity index (χ2v) is 14.9. The van der Waals surface area contributed by atoms with Crippen LogP contribution in [0.3, 0.4) is 0 Å². The largest absolute Gasteiger partial charge is 0.540 e. The molecule has 32 heavy (non-hydrogen) atoms. The molecule has 0 unspecified atom stereocenters. The predicted octanol–water partition coefficient (Wildman–Crippen LogP) is 7.46. The van der Waals surface area contributed by atoms with Gasteiger partial charge in [-0.3, -0.25) is 0 Å². The molecular weight excluding hydrogens is 416 g/mol. The van der Waals surface area contributed by atoms with E-state index in [0.717, 1.165) is 44.9 Å². The van der Waals surface area contributed by atoms with Crippen molar-refractivity contribution >= 4 is 24.6 Å². The molecule has 2 heterocycles. The molecule has 176 valence electrons. The Hall–Kier alpha value is -2.21. The molecule has 0 radical (unpaired) electrons. The SMILES string of the molecule is CCOc1c(C)c(OCC)c2ccn3c(C)ncc3c2c1O[Si](C(C)C)(C(C)C)C(C)C. The van der Waals surface area contributed by atoms with Gasteiger partial charge in [-0.15, -0.1) is 0 Å². The van der Waals surface area contributed by atoms with Gasteiger partial charge in [0.15, 0.2) is 11.5 Å².